The predicted octanol–water partition coefficient (Wildman–Crippen LogP) is 10.5. The number of hydrogen-bond donors (Lipinski definition) is 0. The van der Waals surface area contributed by atoms with Crippen molar-refractivity contribution in [3.05, 3.63) is 94.3 Å². The molecule has 182 valence electrons. The first-order chi connectivity index (χ1) is 17.9. The van der Waals surface area contributed by atoms with Crippen molar-refractivity contribution in [2.24, 2.45) is 0 Å². The molecule has 0 amide bonds. The van der Waals surface area contributed by atoms with E-state index in [1.165, 1.54) is 68.0 Å². The minimum Gasteiger partial charge on any atom is -0.339 e. The third kappa shape index (κ3) is 4.96. The number of nitrogens with zero attached hydrogens (tertiary/aromatic N) is 2. The van der Waals surface area contributed by atoms with E-state index in [0.717, 1.165) is 13.1 Å². The van der Waals surface area contributed by atoms with Gasteiger partial charge in [0.15, 0.2) is 0 Å². The van der Waals surface area contributed by atoms with Crippen LogP contribution < -0.4 is 0 Å². The number of aromatic nitrogens is 2. The summed E-state index contributed by atoms with van der Waals surface area (Å²) in [5, 5.41) is 8.70. The largest absolute Gasteiger partial charge is 0.339 e. The predicted molar refractivity (Wildman–Crippen MR) is 161 cm³/mol. The molecular weight excluding hydrogens is 517 g/mol. The van der Waals surface area contributed by atoms with Crippen LogP contribution in [0.2, 0.25) is 0 Å². The second-order valence-corrected chi connectivity index (χ2v) is 12.6. The molecule has 6 aromatic rings. The average molecular weight is 545 g/mol. The van der Waals surface area contributed by atoms with E-state index in [2.05, 4.69) is 103 Å². The molecule has 0 spiro atoms. The van der Waals surface area contributed by atoms with Crippen LogP contribution in [0.25, 0.3) is 42.3 Å². The zero-order chi connectivity index (χ0) is 24.2. The fraction of sp³-hybridized carbons (Fsp3) is 0.200. The summed E-state index contributed by atoms with van der Waals surface area (Å²) >= 11 is 7.31. The maximum absolute atomic E-state index is 2.54. The van der Waals surface area contributed by atoms with Crippen molar-refractivity contribution in [3.8, 4) is 42.3 Å². The standard InChI is InChI=1S/C30H28N2S4/c1(3-17-31-23(27-9-5-19-33-27)13-14-24(31)28-10-6-20-34-28)2-4-18-32-25(29-11-7-21-35-29)15-16-26(32)30-12-8-22-36-30/h5-16,19-22H,1-4,17-18H2. The Labute approximate surface area is 228 Å². The van der Waals surface area contributed by atoms with E-state index in [9.17, 15) is 0 Å². The first-order valence-corrected chi connectivity index (χ1v) is 15.9. The maximum Gasteiger partial charge on any atom is 0.0586 e. The van der Waals surface area contributed by atoms with Gasteiger partial charge >= 0.3 is 0 Å². The van der Waals surface area contributed by atoms with Crippen LogP contribution in [-0.4, -0.2) is 9.13 Å². The van der Waals surface area contributed by atoms with E-state index >= 15 is 0 Å². The van der Waals surface area contributed by atoms with Crippen LogP contribution in [0.15, 0.2) is 94.3 Å². The third-order valence-electron chi connectivity index (χ3n) is 6.57. The average Bonchev–Trinajstić information content (AvgIpc) is 3.73. The second kappa shape index (κ2) is 11.2. The summed E-state index contributed by atoms with van der Waals surface area (Å²) in [7, 11) is 0. The highest BCUT2D eigenvalue weighted by molar-refractivity contribution is 7.14. The van der Waals surface area contributed by atoms with Gasteiger partial charge in [0.2, 0.25) is 0 Å². The lowest BCUT2D eigenvalue weighted by Crippen LogP contribution is -2.03. The van der Waals surface area contributed by atoms with Crippen molar-refractivity contribution < 1.29 is 0 Å². The van der Waals surface area contributed by atoms with Crippen molar-refractivity contribution >= 4 is 45.3 Å². The Morgan fingerprint density at radius 3 is 0.944 bits per heavy atom. The summed E-state index contributed by atoms with van der Waals surface area (Å²) in [6.07, 6.45) is 4.89. The molecule has 0 aliphatic carbocycles. The van der Waals surface area contributed by atoms with Crippen LogP contribution in [-0.2, 0) is 13.1 Å². The van der Waals surface area contributed by atoms with Gasteiger partial charge in [0.25, 0.3) is 0 Å². The van der Waals surface area contributed by atoms with Crippen molar-refractivity contribution in [1.82, 2.24) is 9.13 Å². The Morgan fingerprint density at radius 2 is 0.694 bits per heavy atom. The van der Waals surface area contributed by atoms with Gasteiger partial charge in [0, 0.05) is 13.1 Å². The second-order valence-electron chi connectivity index (χ2n) is 8.83. The molecule has 0 saturated carbocycles. The van der Waals surface area contributed by atoms with Crippen LogP contribution in [0.4, 0.5) is 0 Å². The van der Waals surface area contributed by atoms with Gasteiger partial charge in [0.1, 0.15) is 0 Å². The lowest BCUT2D eigenvalue weighted by atomic mass is 10.2. The molecule has 6 heteroatoms. The SMILES string of the molecule is c1csc(-c2ccc(-c3cccs3)n2CCCCCCn2c(-c3cccs3)ccc2-c2cccs2)c1. The smallest absolute Gasteiger partial charge is 0.0586 e. The quantitative estimate of drug-likeness (QED) is 0.144. The fourth-order valence-corrected chi connectivity index (χ4v) is 7.91. The van der Waals surface area contributed by atoms with Gasteiger partial charge in [-0.15, -0.1) is 45.3 Å². The molecule has 0 N–H and O–H groups in total. The molecule has 0 bridgehead atoms. The normalized spacial score (nSPS) is 11.4. The molecule has 36 heavy (non-hydrogen) atoms. The fourth-order valence-electron chi connectivity index (χ4n) is 4.87. The molecule has 0 radical (unpaired) electrons. The highest BCUT2D eigenvalue weighted by Gasteiger charge is 2.14. The molecule has 0 atom stereocenters. The molecule has 2 nitrogen and oxygen atoms in total. The molecule has 0 saturated heterocycles. The summed E-state index contributed by atoms with van der Waals surface area (Å²) in [4.78, 5) is 5.42. The molecule has 6 heterocycles. The number of hydrogen-bond acceptors (Lipinski definition) is 4. The van der Waals surface area contributed by atoms with Crippen LogP contribution >= 0.6 is 45.3 Å². The zero-order valence-electron chi connectivity index (χ0n) is 20.0. The van der Waals surface area contributed by atoms with Crippen molar-refractivity contribution in [2.75, 3.05) is 0 Å². The summed E-state index contributed by atoms with van der Waals surface area (Å²) in [5.41, 5.74) is 5.40. The lowest BCUT2D eigenvalue weighted by molar-refractivity contribution is 0.548. The van der Waals surface area contributed by atoms with Gasteiger partial charge < -0.3 is 9.13 Å². The van der Waals surface area contributed by atoms with Crippen LogP contribution in [0.5, 0.6) is 0 Å². The van der Waals surface area contributed by atoms with Gasteiger partial charge in [-0.05, 0) is 82.9 Å². The molecule has 0 unspecified atom stereocenters. The highest BCUT2D eigenvalue weighted by atomic mass is 32.1. The van der Waals surface area contributed by atoms with Crippen molar-refractivity contribution in [3.63, 3.8) is 0 Å². The van der Waals surface area contributed by atoms with E-state index < -0.39 is 0 Å². The molecule has 6 aromatic heterocycles. The number of unbranched alkanes of at least 4 members (excludes halogenated alkanes) is 3. The monoisotopic (exact) mass is 544 g/mol. The Kier molecular flexibility index (Phi) is 7.37. The first kappa shape index (κ1) is 23.7. The maximum atomic E-state index is 2.54. The summed E-state index contributed by atoms with van der Waals surface area (Å²) < 4.78 is 5.07. The van der Waals surface area contributed by atoms with Crippen LogP contribution in [0.1, 0.15) is 25.7 Å². The first-order valence-electron chi connectivity index (χ1n) is 12.4. The third-order valence-corrected chi connectivity index (χ3v) is 10.1. The van der Waals surface area contributed by atoms with Gasteiger partial charge in [-0.1, -0.05) is 37.1 Å². The zero-order valence-corrected chi connectivity index (χ0v) is 23.3. The minimum absolute atomic E-state index is 1.07. The Bertz CT molecular complexity index is 1250. The molecule has 0 aliphatic heterocycles. The summed E-state index contributed by atoms with van der Waals surface area (Å²) in [6, 6.07) is 26.7. The van der Waals surface area contributed by atoms with E-state index in [1.807, 2.05) is 45.3 Å². The van der Waals surface area contributed by atoms with Crippen molar-refractivity contribution in [2.45, 2.75) is 38.8 Å². The lowest BCUT2D eigenvalue weighted by Gasteiger charge is -2.14. The molecule has 0 aliphatic rings. The molecule has 6 rings (SSSR count). The minimum atomic E-state index is 1.07. The van der Waals surface area contributed by atoms with Crippen LogP contribution in [0, 0.1) is 0 Å². The van der Waals surface area contributed by atoms with Crippen LogP contribution in [0.3, 0.4) is 0 Å². The Morgan fingerprint density at radius 1 is 0.389 bits per heavy atom. The summed E-state index contributed by atoms with van der Waals surface area (Å²) in [6.45, 7) is 2.13. The van der Waals surface area contributed by atoms with Gasteiger partial charge in [0.05, 0.1) is 42.3 Å². The summed E-state index contributed by atoms with van der Waals surface area (Å²) in [5.74, 6) is 0. The van der Waals surface area contributed by atoms with E-state index in [1.54, 1.807) is 0 Å². The number of rotatable bonds is 11. The molecule has 0 aromatic carbocycles. The van der Waals surface area contributed by atoms with Gasteiger partial charge in [-0.25, -0.2) is 0 Å². The van der Waals surface area contributed by atoms with Crippen molar-refractivity contribution in [1.29, 1.82) is 0 Å². The van der Waals surface area contributed by atoms with Gasteiger partial charge in [-0.2, -0.15) is 0 Å². The van der Waals surface area contributed by atoms with E-state index in [0.29, 0.717) is 0 Å². The number of thiophene rings is 4. The Balaban J connectivity index is 1.11. The molecular formula is C30H28N2S4. The topological polar surface area (TPSA) is 9.86 Å². The van der Waals surface area contributed by atoms with E-state index in [4.69, 9.17) is 0 Å². The Hall–Kier alpha value is -2.64. The molecule has 0 fully saturated rings. The highest BCUT2D eigenvalue weighted by Crippen LogP contribution is 2.35. The van der Waals surface area contributed by atoms with Gasteiger partial charge in [-0.3, -0.25) is 0 Å². The van der Waals surface area contributed by atoms with E-state index in [-0.39, 0.29) is 0 Å².